The van der Waals surface area contributed by atoms with Crippen molar-refractivity contribution in [1.82, 2.24) is 15.1 Å². The molecule has 0 saturated carbocycles. The maximum absolute atomic E-state index is 13.7. The molecule has 0 radical (unpaired) electrons. The van der Waals surface area contributed by atoms with Crippen molar-refractivity contribution in [2.45, 2.75) is 32.2 Å². The Balaban J connectivity index is 1.50. The number of piperidine rings is 1. The van der Waals surface area contributed by atoms with Crippen molar-refractivity contribution < 1.29 is 9.13 Å². The summed E-state index contributed by atoms with van der Waals surface area (Å²) in [6, 6.07) is 13.1. The fraction of sp³-hybridized carbons (Fsp3) is 0.348. The molecular formula is C23H26FN3O. The van der Waals surface area contributed by atoms with Gasteiger partial charge < -0.3 is 4.74 Å². The average Bonchev–Trinajstić information content (AvgIpc) is 3.18. The van der Waals surface area contributed by atoms with Crippen LogP contribution in [0.5, 0.6) is 5.75 Å². The number of nitrogens with zero attached hydrogens (tertiary/aromatic N) is 2. The molecule has 1 saturated heterocycles. The summed E-state index contributed by atoms with van der Waals surface area (Å²) in [5, 5.41) is 7.45. The van der Waals surface area contributed by atoms with Gasteiger partial charge in [-0.3, -0.25) is 10.00 Å². The zero-order chi connectivity index (χ0) is 19.5. The molecule has 3 aromatic rings. The lowest BCUT2D eigenvalue weighted by Gasteiger charge is -2.32. The van der Waals surface area contributed by atoms with Gasteiger partial charge in [0.1, 0.15) is 11.6 Å². The molecule has 146 valence electrons. The predicted molar refractivity (Wildman–Crippen MR) is 109 cm³/mol. The minimum Gasteiger partial charge on any atom is -0.496 e. The van der Waals surface area contributed by atoms with Gasteiger partial charge in [-0.15, -0.1) is 0 Å². The van der Waals surface area contributed by atoms with E-state index in [-0.39, 0.29) is 5.82 Å². The van der Waals surface area contributed by atoms with Crippen LogP contribution in [-0.2, 0) is 6.54 Å². The van der Waals surface area contributed by atoms with Gasteiger partial charge in [-0.2, -0.15) is 5.10 Å². The number of nitrogens with one attached hydrogen (secondary N) is 1. The van der Waals surface area contributed by atoms with Gasteiger partial charge in [0.05, 0.1) is 13.3 Å². The number of methoxy groups -OCH3 is 1. The molecule has 4 rings (SSSR count). The number of aromatic nitrogens is 2. The van der Waals surface area contributed by atoms with E-state index in [1.165, 1.54) is 11.6 Å². The number of halogens is 1. The van der Waals surface area contributed by atoms with E-state index < -0.39 is 0 Å². The van der Waals surface area contributed by atoms with Crippen molar-refractivity contribution >= 4 is 0 Å². The first-order valence-electron chi connectivity index (χ1n) is 9.79. The third-order valence-corrected chi connectivity index (χ3v) is 5.58. The Hall–Kier alpha value is -2.66. The lowest BCUT2D eigenvalue weighted by atomic mass is 9.90. The van der Waals surface area contributed by atoms with E-state index in [1.54, 1.807) is 19.2 Å². The highest BCUT2D eigenvalue weighted by Gasteiger charge is 2.25. The molecule has 1 aliphatic rings. The third-order valence-electron chi connectivity index (χ3n) is 5.58. The largest absolute Gasteiger partial charge is 0.496 e. The van der Waals surface area contributed by atoms with Crippen LogP contribution in [0.15, 0.2) is 48.7 Å². The third kappa shape index (κ3) is 3.94. The summed E-state index contributed by atoms with van der Waals surface area (Å²) >= 11 is 0. The number of ether oxygens (including phenoxy) is 1. The molecule has 5 heteroatoms. The van der Waals surface area contributed by atoms with Crippen LogP contribution in [0, 0.1) is 12.7 Å². The van der Waals surface area contributed by atoms with Crippen molar-refractivity contribution in [2.75, 3.05) is 20.2 Å². The second kappa shape index (κ2) is 8.15. The molecule has 2 heterocycles. The zero-order valence-electron chi connectivity index (χ0n) is 16.4. The Labute approximate surface area is 165 Å². The second-order valence-corrected chi connectivity index (χ2v) is 7.59. The Morgan fingerprint density at radius 3 is 2.93 bits per heavy atom. The fourth-order valence-electron chi connectivity index (χ4n) is 4.23. The molecule has 1 N–H and O–H groups in total. The highest BCUT2D eigenvalue weighted by Crippen LogP contribution is 2.33. The second-order valence-electron chi connectivity index (χ2n) is 7.59. The minimum absolute atomic E-state index is 0.218. The van der Waals surface area contributed by atoms with Crippen molar-refractivity contribution in [1.29, 1.82) is 0 Å². The molecule has 0 spiro atoms. The number of aromatic amines is 1. The molecule has 1 atom stereocenters. The number of benzene rings is 2. The first kappa shape index (κ1) is 18.7. The molecule has 0 amide bonds. The van der Waals surface area contributed by atoms with Crippen LogP contribution in [0.3, 0.4) is 0 Å². The summed E-state index contributed by atoms with van der Waals surface area (Å²) in [5.74, 6) is 1.08. The number of rotatable bonds is 5. The monoisotopic (exact) mass is 379 g/mol. The summed E-state index contributed by atoms with van der Waals surface area (Å²) in [6.07, 6.45) is 4.07. The summed E-state index contributed by atoms with van der Waals surface area (Å²) in [5.41, 5.74) is 5.46. The lowest BCUT2D eigenvalue weighted by Crippen LogP contribution is -2.34. The van der Waals surface area contributed by atoms with Crippen molar-refractivity contribution in [3.05, 3.63) is 71.3 Å². The van der Waals surface area contributed by atoms with E-state index in [1.807, 2.05) is 18.3 Å². The van der Waals surface area contributed by atoms with E-state index >= 15 is 0 Å². The number of likely N-dealkylation sites (tertiary alicyclic amines) is 1. The van der Waals surface area contributed by atoms with Gasteiger partial charge in [0.25, 0.3) is 0 Å². The maximum Gasteiger partial charge on any atom is 0.123 e. The summed E-state index contributed by atoms with van der Waals surface area (Å²) < 4.78 is 19.0. The molecule has 1 unspecified atom stereocenters. The predicted octanol–water partition coefficient (Wildman–Crippen LogP) is 4.91. The maximum atomic E-state index is 13.7. The van der Waals surface area contributed by atoms with Gasteiger partial charge in [-0.25, -0.2) is 4.39 Å². The Bertz CT molecular complexity index is 953. The number of hydrogen-bond acceptors (Lipinski definition) is 3. The number of hydrogen-bond donors (Lipinski definition) is 1. The van der Waals surface area contributed by atoms with Crippen LogP contribution in [0.25, 0.3) is 11.1 Å². The average molecular weight is 379 g/mol. The van der Waals surface area contributed by atoms with Crippen LogP contribution in [0.4, 0.5) is 4.39 Å². The molecule has 1 aliphatic heterocycles. The van der Waals surface area contributed by atoms with E-state index in [2.05, 4.69) is 34.2 Å². The summed E-state index contributed by atoms with van der Waals surface area (Å²) in [4.78, 5) is 2.49. The standard InChI is InChI=1S/C23H26FN3O/c1-16-11-17(8-9-22(16)28-2)14-27-10-4-6-19(15-27)23-21(13-25-26-23)18-5-3-7-20(24)12-18/h3,5,7-9,11-13,19H,4,6,10,14-15H2,1-2H3,(H,25,26). The van der Waals surface area contributed by atoms with E-state index in [0.717, 1.165) is 60.6 Å². The SMILES string of the molecule is COc1ccc(CN2CCCC(c3[nH]ncc3-c3cccc(F)c3)C2)cc1C. The van der Waals surface area contributed by atoms with Gasteiger partial charge >= 0.3 is 0 Å². The van der Waals surface area contributed by atoms with E-state index in [9.17, 15) is 4.39 Å². The van der Waals surface area contributed by atoms with Crippen LogP contribution < -0.4 is 4.74 Å². The Morgan fingerprint density at radius 1 is 1.25 bits per heavy atom. The van der Waals surface area contributed by atoms with Crippen LogP contribution in [-0.4, -0.2) is 35.3 Å². The van der Waals surface area contributed by atoms with Crippen molar-refractivity contribution in [2.24, 2.45) is 0 Å². The molecule has 1 fully saturated rings. The number of aryl methyl sites for hydroxylation is 1. The lowest BCUT2D eigenvalue weighted by molar-refractivity contribution is 0.198. The zero-order valence-corrected chi connectivity index (χ0v) is 16.4. The molecular weight excluding hydrogens is 353 g/mol. The number of H-pyrrole nitrogens is 1. The molecule has 2 aromatic carbocycles. The van der Waals surface area contributed by atoms with Gasteiger partial charge in [-0.1, -0.05) is 24.3 Å². The summed E-state index contributed by atoms with van der Waals surface area (Å²) in [7, 11) is 1.71. The smallest absolute Gasteiger partial charge is 0.123 e. The summed E-state index contributed by atoms with van der Waals surface area (Å²) in [6.45, 7) is 5.06. The Kier molecular flexibility index (Phi) is 5.44. The molecule has 0 aliphatic carbocycles. The first-order valence-corrected chi connectivity index (χ1v) is 9.79. The first-order chi connectivity index (χ1) is 13.6. The molecule has 4 nitrogen and oxygen atoms in total. The van der Waals surface area contributed by atoms with Gasteiger partial charge in [0.2, 0.25) is 0 Å². The normalized spacial score (nSPS) is 17.6. The van der Waals surface area contributed by atoms with E-state index in [4.69, 9.17) is 4.74 Å². The van der Waals surface area contributed by atoms with Crippen molar-refractivity contribution in [3.63, 3.8) is 0 Å². The van der Waals surface area contributed by atoms with Gasteiger partial charge in [-0.05, 0) is 61.2 Å². The molecule has 0 bridgehead atoms. The Morgan fingerprint density at radius 2 is 2.14 bits per heavy atom. The van der Waals surface area contributed by atoms with Crippen LogP contribution >= 0.6 is 0 Å². The van der Waals surface area contributed by atoms with Crippen LogP contribution in [0.1, 0.15) is 35.6 Å². The van der Waals surface area contributed by atoms with Gasteiger partial charge in [0, 0.05) is 30.3 Å². The highest BCUT2D eigenvalue weighted by atomic mass is 19.1. The molecule has 1 aromatic heterocycles. The quantitative estimate of drug-likeness (QED) is 0.685. The van der Waals surface area contributed by atoms with Crippen LogP contribution in [0.2, 0.25) is 0 Å². The molecule has 28 heavy (non-hydrogen) atoms. The van der Waals surface area contributed by atoms with Gasteiger partial charge in [0.15, 0.2) is 0 Å². The topological polar surface area (TPSA) is 41.1 Å². The highest BCUT2D eigenvalue weighted by molar-refractivity contribution is 5.65. The van der Waals surface area contributed by atoms with Crippen molar-refractivity contribution in [3.8, 4) is 16.9 Å². The fourth-order valence-corrected chi connectivity index (χ4v) is 4.23. The van der Waals surface area contributed by atoms with E-state index in [0.29, 0.717) is 5.92 Å². The minimum atomic E-state index is -0.218.